The Labute approximate surface area is 415 Å². The smallest absolute Gasteiger partial charge is 0.164 e. The molecule has 0 saturated carbocycles. The van der Waals surface area contributed by atoms with Gasteiger partial charge in [-0.3, -0.25) is 0 Å². The number of fused-ring (bicyclic) bond motifs is 9. The first-order chi connectivity index (χ1) is 35.7. The number of rotatable bonds is 7. The molecule has 4 heterocycles. The lowest BCUT2D eigenvalue weighted by molar-refractivity contribution is 1.07. The van der Waals surface area contributed by atoms with Gasteiger partial charge in [0, 0.05) is 66.7 Å². The second-order valence-corrected chi connectivity index (χ2v) is 18.0. The third-order valence-corrected chi connectivity index (χ3v) is 13.8. The SMILES string of the molecule is c1ccc(-c2nc(-c3ccc(-n4c5c(c6ccccc64)-c4ccccc4N(c4cccc(-c6nc(-c7ccccc7)c7ccccc7n6)c4)c4ccccc4-5)cc3)nc(-c3cccc4ccccc34)n2)cc1. The lowest BCUT2D eigenvalue weighted by Gasteiger charge is -2.28. The molecule has 1 aliphatic heterocycles. The van der Waals surface area contributed by atoms with Crippen LogP contribution in [0.25, 0.3) is 117 Å². The fraction of sp³-hybridized carbons (Fsp3) is 0. The van der Waals surface area contributed by atoms with Crippen molar-refractivity contribution in [2.75, 3.05) is 4.90 Å². The summed E-state index contributed by atoms with van der Waals surface area (Å²) in [5.74, 6) is 2.54. The van der Waals surface area contributed by atoms with E-state index in [-0.39, 0.29) is 0 Å². The van der Waals surface area contributed by atoms with Crippen LogP contribution in [0.5, 0.6) is 0 Å². The molecule has 3 aromatic heterocycles. The molecular weight excluding hydrogens is 879 g/mol. The van der Waals surface area contributed by atoms with Crippen LogP contribution in [0, 0.1) is 0 Å². The topological polar surface area (TPSA) is 72.6 Å². The zero-order valence-electron chi connectivity index (χ0n) is 38.8. The van der Waals surface area contributed by atoms with Crippen LogP contribution < -0.4 is 4.90 Å². The summed E-state index contributed by atoms with van der Waals surface area (Å²) >= 11 is 0. The number of anilines is 3. The summed E-state index contributed by atoms with van der Waals surface area (Å²) in [6.07, 6.45) is 0. The van der Waals surface area contributed by atoms with Crippen LogP contribution in [0.2, 0.25) is 0 Å². The van der Waals surface area contributed by atoms with Gasteiger partial charge in [0.2, 0.25) is 0 Å². The van der Waals surface area contributed by atoms with Crippen molar-refractivity contribution in [2.45, 2.75) is 0 Å². The van der Waals surface area contributed by atoms with Crippen LogP contribution in [-0.2, 0) is 0 Å². The molecule has 0 N–H and O–H groups in total. The third kappa shape index (κ3) is 6.86. The van der Waals surface area contributed by atoms with Crippen LogP contribution in [0.1, 0.15) is 0 Å². The summed E-state index contributed by atoms with van der Waals surface area (Å²) in [5, 5.41) is 4.41. The Bertz CT molecular complexity index is 4220. The van der Waals surface area contributed by atoms with Crippen molar-refractivity contribution in [3.05, 3.63) is 249 Å². The molecule has 0 bridgehead atoms. The van der Waals surface area contributed by atoms with Gasteiger partial charge >= 0.3 is 0 Å². The summed E-state index contributed by atoms with van der Waals surface area (Å²) in [7, 11) is 0. The van der Waals surface area contributed by atoms with Gasteiger partial charge in [-0.1, -0.05) is 188 Å². The Morgan fingerprint density at radius 2 is 0.847 bits per heavy atom. The van der Waals surface area contributed by atoms with Gasteiger partial charge in [-0.2, -0.15) is 0 Å². The first kappa shape index (κ1) is 41.2. The van der Waals surface area contributed by atoms with Gasteiger partial charge in [0.25, 0.3) is 0 Å². The second kappa shape index (κ2) is 17.0. The summed E-state index contributed by atoms with van der Waals surface area (Å²) in [6.45, 7) is 0. The molecule has 1 aliphatic rings. The molecule has 10 aromatic carbocycles. The summed E-state index contributed by atoms with van der Waals surface area (Å²) in [5.41, 5.74) is 16.4. The molecule has 0 atom stereocenters. The maximum absolute atomic E-state index is 5.27. The lowest BCUT2D eigenvalue weighted by atomic mass is 9.98. The fourth-order valence-electron chi connectivity index (χ4n) is 10.5. The standard InChI is InChI=1S/C65H41N7/c1-3-20-43(21-4-1)60-51-28-9-13-33-55(51)66-64(67-60)46-25-17-26-48(41-46)71-56-34-14-10-29-52(56)59-53-30-11-15-35-57(53)72(61(59)54-31-12-16-36-58(54)71)47-39-37-45(38-40-47)63-68-62(44-22-5-2-6-23-44)69-65(70-63)50-32-18-24-42-19-7-8-27-49(42)50/h1-41H. The molecule has 0 unspecified atom stereocenters. The molecule has 0 saturated heterocycles. The van der Waals surface area contributed by atoms with Crippen LogP contribution in [0.4, 0.5) is 17.1 Å². The Morgan fingerprint density at radius 1 is 0.306 bits per heavy atom. The van der Waals surface area contributed by atoms with Gasteiger partial charge in [-0.05, 0) is 71.4 Å². The van der Waals surface area contributed by atoms with Gasteiger partial charge in [0.1, 0.15) is 0 Å². The molecule has 14 rings (SSSR count). The molecule has 13 aromatic rings. The van der Waals surface area contributed by atoms with E-state index in [1.165, 1.54) is 5.56 Å². The van der Waals surface area contributed by atoms with Gasteiger partial charge in [0.15, 0.2) is 23.3 Å². The van der Waals surface area contributed by atoms with E-state index in [2.05, 4.69) is 210 Å². The van der Waals surface area contributed by atoms with E-state index in [0.717, 1.165) is 106 Å². The minimum atomic E-state index is 0.608. The molecule has 0 radical (unpaired) electrons. The van der Waals surface area contributed by atoms with Gasteiger partial charge in [-0.25, -0.2) is 24.9 Å². The van der Waals surface area contributed by atoms with E-state index in [1.807, 2.05) is 48.5 Å². The highest BCUT2D eigenvalue weighted by Gasteiger charge is 2.31. The van der Waals surface area contributed by atoms with Crippen molar-refractivity contribution in [3.8, 4) is 84.9 Å². The number of hydrogen-bond donors (Lipinski definition) is 0. The molecule has 7 nitrogen and oxygen atoms in total. The highest BCUT2D eigenvalue weighted by molar-refractivity contribution is 6.13. The van der Waals surface area contributed by atoms with Crippen molar-refractivity contribution >= 4 is 49.6 Å². The van der Waals surface area contributed by atoms with Crippen LogP contribution >= 0.6 is 0 Å². The Morgan fingerprint density at radius 3 is 1.64 bits per heavy atom. The second-order valence-electron chi connectivity index (χ2n) is 18.0. The Kier molecular flexibility index (Phi) is 9.70. The van der Waals surface area contributed by atoms with Gasteiger partial charge < -0.3 is 9.47 Å². The van der Waals surface area contributed by atoms with Crippen molar-refractivity contribution < 1.29 is 0 Å². The maximum Gasteiger partial charge on any atom is 0.164 e. The molecule has 0 spiro atoms. The van der Waals surface area contributed by atoms with Crippen molar-refractivity contribution in [2.24, 2.45) is 0 Å². The lowest BCUT2D eigenvalue weighted by Crippen LogP contribution is -2.11. The largest absolute Gasteiger partial charge is 0.309 e. The monoisotopic (exact) mass is 919 g/mol. The Balaban J connectivity index is 0.923. The highest BCUT2D eigenvalue weighted by atomic mass is 15.2. The van der Waals surface area contributed by atoms with E-state index in [4.69, 9.17) is 24.9 Å². The number of benzene rings is 10. The summed E-state index contributed by atoms with van der Waals surface area (Å²) in [6, 6.07) is 87.0. The van der Waals surface area contributed by atoms with E-state index in [0.29, 0.717) is 23.3 Å². The van der Waals surface area contributed by atoms with Crippen LogP contribution in [-0.4, -0.2) is 29.5 Å². The van der Waals surface area contributed by atoms with E-state index < -0.39 is 0 Å². The zero-order chi connectivity index (χ0) is 47.5. The number of nitrogens with zero attached hydrogens (tertiary/aromatic N) is 7. The Hall–Kier alpha value is -9.85. The summed E-state index contributed by atoms with van der Waals surface area (Å²) < 4.78 is 2.42. The maximum atomic E-state index is 5.27. The number of hydrogen-bond acceptors (Lipinski definition) is 6. The minimum absolute atomic E-state index is 0.608. The van der Waals surface area contributed by atoms with Crippen molar-refractivity contribution in [1.29, 1.82) is 0 Å². The molecule has 0 fully saturated rings. The predicted octanol–water partition coefficient (Wildman–Crippen LogP) is 16.4. The average Bonchev–Trinajstić information content (AvgIpc) is 3.74. The number of para-hydroxylation sites is 4. The molecule has 336 valence electrons. The van der Waals surface area contributed by atoms with Crippen LogP contribution in [0.3, 0.4) is 0 Å². The number of aromatic nitrogens is 6. The first-order valence-corrected chi connectivity index (χ1v) is 24.2. The van der Waals surface area contributed by atoms with Gasteiger partial charge in [0.05, 0.1) is 33.8 Å². The normalized spacial score (nSPS) is 11.9. The average molecular weight is 920 g/mol. The van der Waals surface area contributed by atoms with E-state index >= 15 is 0 Å². The molecule has 0 aliphatic carbocycles. The summed E-state index contributed by atoms with van der Waals surface area (Å²) in [4.78, 5) is 28.2. The van der Waals surface area contributed by atoms with Crippen molar-refractivity contribution in [1.82, 2.24) is 29.5 Å². The quantitative estimate of drug-likeness (QED) is 0.159. The molecular formula is C65H41N7. The van der Waals surface area contributed by atoms with Crippen molar-refractivity contribution in [3.63, 3.8) is 0 Å². The molecule has 7 heteroatoms. The third-order valence-electron chi connectivity index (χ3n) is 13.8. The van der Waals surface area contributed by atoms with E-state index in [9.17, 15) is 0 Å². The predicted molar refractivity (Wildman–Crippen MR) is 294 cm³/mol. The molecule has 72 heavy (non-hydrogen) atoms. The highest BCUT2D eigenvalue weighted by Crippen LogP contribution is 2.54. The fourth-order valence-corrected chi connectivity index (χ4v) is 10.5. The minimum Gasteiger partial charge on any atom is -0.309 e. The van der Waals surface area contributed by atoms with Crippen LogP contribution in [0.15, 0.2) is 249 Å². The van der Waals surface area contributed by atoms with Gasteiger partial charge in [-0.15, -0.1) is 0 Å². The first-order valence-electron chi connectivity index (χ1n) is 24.2. The zero-order valence-corrected chi connectivity index (χ0v) is 38.8. The van der Waals surface area contributed by atoms with E-state index in [1.54, 1.807) is 0 Å². The molecule has 0 amide bonds.